The number of aromatic nitrogens is 3. The van der Waals surface area contributed by atoms with Gasteiger partial charge in [0.25, 0.3) is 0 Å². The second-order valence-electron chi connectivity index (χ2n) is 17.5. The lowest BCUT2D eigenvalue weighted by molar-refractivity contribution is 0.0667. The summed E-state index contributed by atoms with van der Waals surface area (Å²) in [5.74, 6) is 5.20. The molecule has 17 heteroatoms. The zero-order chi connectivity index (χ0) is 59.3. The Morgan fingerprint density at radius 1 is 0.605 bits per heavy atom. The molecule has 3 aromatic heterocycles. The number of nitrogens with zero attached hydrogens (tertiary/aromatic N) is 5. The number of nitrogens with two attached hydrogens (primary N) is 2. The second kappa shape index (κ2) is 31.6. The van der Waals surface area contributed by atoms with Crippen LogP contribution in [0.4, 0.5) is 4.79 Å². The number of carbonyl (C=O) groups excluding carboxylic acids is 1. The summed E-state index contributed by atoms with van der Waals surface area (Å²) in [7, 11) is 5.87. The molecule has 0 fully saturated rings. The van der Waals surface area contributed by atoms with E-state index in [0.717, 1.165) is 54.9 Å². The molecular weight excluding hydrogens is 948 g/mol. The lowest BCUT2D eigenvalue weighted by atomic mass is 9.90. The SMILES string of the molecule is [2H]C([2H])(NNC)c1ccc(-c2ccccn2)cc1.[2H]C([2H])(c1ccc(-c2ccccn2)cc1)N(C[C@H](O)[C@H](Cc1ccccc1)NC([B])=O)NB(C)O.[2H]C([2H])(c1ccc(-c2ccccn2)cc1)N(N)C[C@H](O)[C@@H](N)Cc1ccccc1. The number of hydrogen-bond donors (Lipinski definition) is 9. The maximum Gasteiger partial charge on any atom is 0.388 e. The van der Waals surface area contributed by atoms with Gasteiger partial charge in [-0.3, -0.25) is 41.8 Å². The van der Waals surface area contributed by atoms with Gasteiger partial charge in [0.15, 0.2) is 5.81 Å². The first-order valence-electron chi connectivity index (χ1n) is 27.7. The average molecular weight is 1020 g/mol. The number of aliphatic hydroxyl groups excluding tert-OH is 2. The first kappa shape index (κ1) is 49.6. The summed E-state index contributed by atoms with van der Waals surface area (Å²) in [4.78, 5) is 24.4. The summed E-state index contributed by atoms with van der Waals surface area (Å²) in [6.07, 6.45) is 3.73. The predicted octanol–water partition coefficient (Wildman–Crippen LogP) is 6.34. The highest BCUT2D eigenvalue weighted by molar-refractivity contribution is 6.57. The molecule has 15 nitrogen and oxygen atoms in total. The molecule has 0 saturated heterocycles. The maximum absolute atomic E-state index is 11.6. The molecule has 0 spiro atoms. The van der Waals surface area contributed by atoms with Crippen LogP contribution in [0.2, 0.25) is 6.82 Å². The highest BCUT2D eigenvalue weighted by Gasteiger charge is 2.25. The Balaban J connectivity index is 0.000000207. The van der Waals surface area contributed by atoms with Crippen molar-refractivity contribution in [2.45, 2.75) is 63.4 Å². The molecule has 2 radical (unpaired) electrons. The summed E-state index contributed by atoms with van der Waals surface area (Å²) in [5, 5.41) is 38.7. The molecule has 8 aromatic rings. The number of hydrazine groups is 3. The number of carbonyl (C=O) groups is 1. The molecule has 0 saturated carbocycles. The van der Waals surface area contributed by atoms with Gasteiger partial charge in [0.1, 0.15) is 0 Å². The van der Waals surface area contributed by atoms with Gasteiger partial charge in [0.05, 0.1) is 35.3 Å². The minimum absolute atomic E-state index is 0.0943. The highest BCUT2D eigenvalue weighted by Crippen LogP contribution is 2.20. The van der Waals surface area contributed by atoms with Crippen molar-refractivity contribution in [2.24, 2.45) is 11.6 Å². The third kappa shape index (κ3) is 20.5. The molecule has 4 atom stereocenters. The second-order valence-corrected chi connectivity index (χ2v) is 17.5. The van der Waals surface area contributed by atoms with Crippen molar-refractivity contribution in [3.8, 4) is 33.8 Å². The Morgan fingerprint density at radius 3 is 1.46 bits per heavy atom. The zero-order valence-electron chi connectivity index (χ0n) is 48.6. The predicted molar refractivity (Wildman–Crippen MR) is 305 cm³/mol. The Kier molecular flexibility index (Phi) is 20.6. The van der Waals surface area contributed by atoms with E-state index < -0.39 is 56.6 Å². The summed E-state index contributed by atoms with van der Waals surface area (Å²) in [5.41, 5.74) is 19.6. The Hall–Kier alpha value is -7.25. The van der Waals surface area contributed by atoms with Crippen molar-refractivity contribution in [3.63, 3.8) is 0 Å². The van der Waals surface area contributed by atoms with Crippen LogP contribution in [-0.2, 0) is 32.3 Å². The van der Waals surface area contributed by atoms with E-state index in [4.69, 9.17) is 27.6 Å². The van der Waals surface area contributed by atoms with E-state index in [0.29, 0.717) is 23.1 Å². The summed E-state index contributed by atoms with van der Waals surface area (Å²) in [6, 6.07) is 55.5. The summed E-state index contributed by atoms with van der Waals surface area (Å²) >= 11 is 0. The fourth-order valence-electron chi connectivity index (χ4n) is 7.62. The third-order valence-electron chi connectivity index (χ3n) is 11.4. The number of amides is 1. The molecule has 1 amide bonds. The van der Waals surface area contributed by atoms with Crippen LogP contribution in [0, 0.1) is 0 Å². The number of benzene rings is 5. The molecule has 76 heavy (non-hydrogen) atoms. The van der Waals surface area contributed by atoms with Crippen LogP contribution in [-0.4, -0.2) is 105 Å². The van der Waals surface area contributed by atoms with Crippen molar-refractivity contribution in [1.29, 1.82) is 0 Å². The van der Waals surface area contributed by atoms with Gasteiger partial charge in [-0.2, -0.15) is 0 Å². The number of hydrogen-bond acceptors (Lipinski definition) is 14. The summed E-state index contributed by atoms with van der Waals surface area (Å²) in [6.45, 7) is -4.58. The molecule has 3 heterocycles. The molecule has 11 N–H and O–H groups in total. The van der Waals surface area contributed by atoms with E-state index in [2.05, 4.69) is 36.5 Å². The normalized spacial score (nSPS) is 14.3. The molecule has 0 aliphatic heterocycles. The minimum Gasteiger partial charge on any atom is -0.437 e. The van der Waals surface area contributed by atoms with Crippen molar-refractivity contribution >= 4 is 20.7 Å². The van der Waals surface area contributed by atoms with Gasteiger partial charge in [0, 0.05) is 82.1 Å². The van der Waals surface area contributed by atoms with E-state index >= 15 is 0 Å². The van der Waals surface area contributed by atoms with Crippen LogP contribution in [0.25, 0.3) is 33.8 Å². The molecule has 0 unspecified atom stereocenters. The van der Waals surface area contributed by atoms with Crippen molar-refractivity contribution in [3.05, 3.63) is 234 Å². The highest BCUT2D eigenvalue weighted by atomic mass is 16.3. The Labute approximate surface area is 457 Å². The van der Waals surface area contributed by atoms with Gasteiger partial charge in [-0.15, -0.1) is 0 Å². The van der Waals surface area contributed by atoms with Crippen LogP contribution < -0.4 is 33.1 Å². The summed E-state index contributed by atoms with van der Waals surface area (Å²) < 4.78 is 50.0. The number of pyridine rings is 3. The Bertz CT molecular complexity index is 3130. The van der Waals surface area contributed by atoms with Crippen molar-refractivity contribution in [2.75, 3.05) is 20.1 Å². The topological polar surface area (TPSA) is 223 Å². The Morgan fingerprint density at radius 2 is 1.04 bits per heavy atom. The quantitative estimate of drug-likeness (QED) is 0.0194. The van der Waals surface area contributed by atoms with Crippen LogP contribution in [0.15, 0.2) is 207 Å². The van der Waals surface area contributed by atoms with E-state index in [1.165, 1.54) is 6.82 Å². The van der Waals surface area contributed by atoms with Gasteiger partial charge in [-0.05, 0) is 90.9 Å². The zero-order valence-corrected chi connectivity index (χ0v) is 42.6. The fourth-order valence-corrected chi connectivity index (χ4v) is 7.62. The lowest BCUT2D eigenvalue weighted by Gasteiger charge is -2.31. The monoisotopic (exact) mass is 1020 g/mol. The molecular formula is C59H69B2N11O4. The molecule has 0 aliphatic carbocycles. The molecule has 0 aliphatic rings. The van der Waals surface area contributed by atoms with Gasteiger partial charge in [-0.25, -0.2) is 10.0 Å². The minimum atomic E-state index is -2.12. The van der Waals surface area contributed by atoms with E-state index in [9.17, 15) is 20.0 Å². The number of nitrogens with one attached hydrogen (secondary N) is 4. The van der Waals surface area contributed by atoms with Crippen LogP contribution in [0.1, 0.15) is 36.0 Å². The van der Waals surface area contributed by atoms with Crippen LogP contribution >= 0.6 is 0 Å². The van der Waals surface area contributed by atoms with Crippen molar-refractivity contribution in [1.82, 2.24) is 46.5 Å². The lowest BCUT2D eigenvalue weighted by Crippen LogP contribution is -2.54. The average Bonchev–Trinajstić information content (AvgIpc) is 3.53. The maximum atomic E-state index is 11.6. The molecule has 390 valence electrons. The smallest absolute Gasteiger partial charge is 0.388 e. The molecule has 5 aromatic carbocycles. The van der Waals surface area contributed by atoms with Gasteiger partial charge in [-0.1, -0.05) is 152 Å². The van der Waals surface area contributed by atoms with E-state index in [1.807, 2.05) is 127 Å². The molecule has 8 rings (SSSR count). The van der Waals surface area contributed by atoms with Gasteiger partial charge >= 0.3 is 7.05 Å². The fraction of sp³-hybridized carbons (Fsp3) is 0.220. The molecule has 0 bridgehead atoms. The van der Waals surface area contributed by atoms with Gasteiger partial charge in [0.2, 0.25) is 7.85 Å². The van der Waals surface area contributed by atoms with Crippen molar-refractivity contribution < 1.29 is 28.3 Å². The van der Waals surface area contributed by atoms with Gasteiger partial charge < -0.3 is 26.3 Å². The van der Waals surface area contributed by atoms with Crippen LogP contribution in [0.3, 0.4) is 0 Å². The first-order chi connectivity index (χ1) is 39.2. The van der Waals surface area contributed by atoms with E-state index in [1.54, 1.807) is 86.3 Å². The first-order valence-corrected chi connectivity index (χ1v) is 24.7. The largest absolute Gasteiger partial charge is 0.437 e. The van der Waals surface area contributed by atoms with E-state index in [-0.39, 0.29) is 19.5 Å². The number of rotatable bonds is 23. The standard InChI is InChI=1S/C24H28B2N4O3.C22H26N4O.C13H15N3/c1-26(33)29-30(16-19-10-12-20(13-11-19)21-9-5-6-14-27-21)17-23(31)22(28-24(25)32)15-18-7-3-2-4-8-18;23-20(14-17-6-2-1-3-7-17)22(27)16-26(24)15-18-9-11-19(12-10-18)21-8-4-5-13-25-21;1-14-16-10-11-5-7-12(8-6-11)13-4-2-3-9-15-13/h2-14,22-23,29,31,33H,15-17H2,1H3,(H,28,32);1-13,20,22,27H,14-16,23-24H2;2-9,14,16H,10H2,1H3/t22-,23-;20-,22-;/m00./s1/i16D2;15D2;10D2. The van der Waals surface area contributed by atoms with Crippen LogP contribution in [0.5, 0.6) is 0 Å². The number of aliphatic hydroxyl groups is 2. The third-order valence-corrected chi connectivity index (χ3v) is 11.4.